The Bertz CT molecular complexity index is 1850. The highest BCUT2D eigenvalue weighted by atomic mass is 35.5. The fraction of sp³-hybridized carbons (Fsp3) is 0.625. The highest BCUT2D eigenvalue weighted by Crippen LogP contribution is 2.47. The number of benzene rings is 1. The molecule has 2 aromatic heterocycles. The van der Waals surface area contributed by atoms with Crippen molar-refractivity contribution in [1.29, 1.82) is 0 Å². The van der Waals surface area contributed by atoms with E-state index < -0.39 is 24.3 Å². The summed E-state index contributed by atoms with van der Waals surface area (Å²) in [5.41, 5.74) is 1.43. The van der Waals surface area contributed by atoms with Crippen molar-refractivity contribution in [3.63, 3.8) is 0 Å². The minimum atomic E-state index is -0.819. The van der Waals surface area contributed by atoms with E-state index >= 15 is 0 Å². The van der Waals surface area contributed by atoms with E-state index in [1.165, 1.54) is 11.3 Å². The van der Waals surface area contributed by atoms with Crippen molar-refractivity contribution in [2.45, 2.75) is 140 Å². The smallest absolute Gasteiger partial charge is 0.408 e. The second kappa shape index (κ2) is 16.5. The molecule has 0 spiro atoms. The Balaban J connectivity index is 1.19. The van der Waals surface area contributed by atoms with Gasteiger partial charge in [-0.2, -0.15) is 0 Å². The first-order chi connectivity index (χ1) is 26.0. The number of halogens is 1. The van der Waals surface area contributed by atoms with Gasteiger partial charge >= 0.3 is 6.09 Å². The van der Waals surface area contributed by atoms with Crippen molar-refractivity contribution < 1.29 is 28.6 Å². The number of carbonyl (C=O) groups excluding carboxylic acids is 3. The van der Waals surface area contributed by atoms with E-state index in [1.54, 1.807) is 18.1 Å². The third-order valence-corrected chi connectivity index (χ3v) is 12.6. The van der Waals surface area contributed by atoms with Gasteiger partial charge in [-0.1, -0.05) is 43.7 Å². The molecule has 2 saturated heterocycles. The van der Waals surface area contributed by atoms with Crippen LogP contribution in [-0.4, -0.2) is 82.3 Å². The first kappa shape index (κ1) is 38.4. The minimum absolute atomic E-state index is 0.131. The molecule has 4 aliphatic rings. The number of nitrogens with one attached hydrogen (secondary N) is 3. The van der Waals surface area contributed by atoms with Crippen molar-refractivity contribution in [1.82, 2.24) is 25.5 Å². The van der Waals surface area contributed by atoms with Crippen LogP contribution in [0.1, 0.15) is 104 Å². The molecule has 4 fully saturated rings. The number of carbonyl (C=O) groups is 3. The SMILES string of the molecule is COc1ccc2c(O[C@@H]3C[C@H]4C(=O)N[C@]5(C)C[C@H]5CCCCCCC[C@H](NC(=O)OC5CCCC5)C(=O)N4C3)cc(-c3csc(NC(C)C)n3)nc2c1Cl. The maximum atomic E-state index is 14.6. The zero-order valence-electron chi connectivity index (χ0n) is 31.8. The number of anilines is 1. The predicted octanol–water partition coefficient (Wildman–Crippen LogP) is 7.87. The van der Waals surface area contributed by atoms with Gasteiger partial charge in [0.05, 0.1) is 24.9 Å². The van der Waals surface area contributed by atoms with Gasteiger partial charge in [0.1, 0.15) is 46.5 Å². The summed E-state index contributed by atoms with van der Waals surface area (Å²) >= 11 is 8.33. The number of aromatic nitrogens is 2. The quantitative estimate of drug-likeness (QED) is 0.208. The van der Waals surface area contributed by atoms with Crippen LogP contribution in [0.4, 0.5) is 9.93 Å². The predicted molar refractivity (Wildman–Crippen MR) is 210 cm³/mol. The molecule has 3 amide bonds. The lowest BCUT2D eigenvalue weighted by Crippen LogP contribution is -2.55. The fourth-order valence-corrected chi connectivity index (χ4v) is 9.44. The molecule has 2 aliphatic carbocycles. The number of ether oxygens (including phenoxy) is 3. The van der Waals surface area contributed by atoms with Gasteiger partial charge in [0, 0.05) is 34.8 Å². The second-order valence-corrected chi connectivity index (χ2v) is 17.2. The van der Waals surface area contributed by atoms with Gasteiger partial charge < -0.3 is 35.1 Å². The Labute approximate surface area is 326 Å². The van der Waals surface area contributed by atoms with Crippen molar-refractivity contribution in [3.05, 3.63) is 28.6 Å². The molecule has 4 heterocycles. The molecule has 54 heavy (non-hydrogen) atoms. The van der Waals surface area contributed by atoms with Gasteiger partial charge in [0.15, 0.2) is 5.13 Å². The molecule has 2 aliphatic heterocycles. The van der Waals surface area contributed by atoms with Gasteiger partial charge in [0.2, 0.25) is 11.8 Å². The van der Waals surface area contributed by atoms with Crippen molar-refractivity contribution in [2.24, 2.45) is 5.92 Å². The van der Waals surface area contributed by atoms with Gasteiger partial charge in [0.25, 0.3) is 0 Å². The van der Waals surface area contributed by atoms with Gasteiger partial charge in [-0.3, -0.25) is 9.59 Å². The Kier molecular flexibility index (Phi) is 11.7. The molecule has 0 bridgehead atoms. The fourth-order valence-electron chi connectivity index (χ4n) is 8.31. The maximum absolute atomic E-state index is 14.6. The van der Waals surface area contributed by atoms with Gasteiger partial charge in [-0.25, -0.2) is 14.8 Å². The molecule has 0 radical (unpaired) electrons. The van der Waals surface area contributed by atoms with Crippen LogP contribution in [0.5, 0.6) is 11.5 Å². The summed E-state index contributed by atoms with van der Waals surface area (Å²) < 4.78 is 18.0. The van der Waals surface area contributed by atoms with Crippen LogP contribution in [0, 0.1) is 5.92 Å². The van der Waals surface area contributed by atoms with Crippen LogP contribution in [0.3, 0.4) is 0 Å². The topological polar surface area (TPSA) is 144 Å². The van der Waals surface area contributed by atoms with E-state index in [9.17, 15) is 14.4 Å². The van der Waals surface area contributed by atoms with E-state index in [0.717, 1.165) is 75.8 Å². The molecule has 3 N–H and O–H groups in total. The average molecular weight is 781 g/mol. The van der Waals surface area contributed by atoms with Gasteiger partial charge in [-0.15, -0.1) is 11.3 Å². The van der Waals surface area contributed by atoms with E-state index in [2.05, 4.69) is 36.7 Å². The summed E-state index contributed by atoms with van der Waals surface area (Å²) in [6.07, 6.45) is 10.3. The highest BCUT2D eigenvalue weighted by molar-refractivity contribution is 7.14. The Morgan fingerprint density at radius 1 is 1.00 bits per heavy atom. The number of hydrogen-bond donors (Lipinski definition) is 3. The van der Waals surface area contributed by atoms with Crippen LogP contribution in [0.2, 0.25) is 5.02 Å². The Morgan fingerprint density at radius 3 is 2.50 bits per heavy atom. The first-order valence-electron chi connectivity index (χ1n) is 19.7. The summed E-state index contributed by atoms with van der Waals surface area (Å²) in [5.74, 6) is 0.927. The summed E-state index contributed by atoms with van der Waals surface area (Å²) in [4.78, 5) is 53.2. The number of fused-ring (bicyclic) bond motifs is 3. The molecule has 292 valence electrons. The number of alkyl carbamates (subject to hydrolysis) is 1. The molecule has 7 rings (SSSR count). The van der Waals surface area contributed by atoms with E-state index in [1.807, 2.05) is 17.5 Å². The first-order valence-corrected chi connectivity index (χ1v) is 20.9. The molecule has 2 saturated carbocycles. The maximum Gasteiger partial charge on any atom is 0.408 e. The zero-order valence-corrected chi connectivity index (χ0v) is 33.3. The van der Waals surface area contributed by atoms with E-state index in [4.69, 9.17) is 35.8 Å². The standard InChI is InChI=1S/C40H53ClN6O6S/c1-23(2)42-38-44-30(22-54-38)29-19-33(27-16-17-32(51-4)34(41)35(27)43-29)52-26-18-31-36(48)46-40(3)20-24(40)12-8-6-5-7-9-15-28(37(49)47(31)21-26)45-39(50)53-25-13-10-11-14-25/h16-17,19,22-26,28,31H,5-15,18,20-21H2,1-4H3,(H,42,44)(H,45,50)(H,46,48)/t24-,26-,28+,31+,40-/m1/s1. The summed E-state index contributed by atoms with van der Waals surface area (Å²) in [7, 11) is 1.56. The number of hydrogen-bond acceptors (Lipinski definition) is 10. The van der Waals surface area contributed by atoms with E-state index in [0.29, 0.717) is 51.2 Å². The lowest BCUT2D eigenvalue weighted by Gasteiger charge is -2.29. The van der Waals surface area contributed by atoms with E-state index in [-0.39, 0.29) is 42.5 Å². The van der Waals surface area contributed by atoms with Crippen molar-refractivity contribution in [2.75, 3.05) is 19.0 Å². The Hall–Kier alpha value is -3.84. The number of amides is 3. The van der Waals surface area contributed by atoms with Crippen LogP contribution >= 0.6 is 22.9 Å². The normalized spacial score (nSPS) is 26.7. The highest BCUT2D eigenvalue weighted by Gasteiger charge is 2.53. The number of nitrogens with zero attached hydrogens (tertiary/aromatic N) is 3. The van der Waals surface area contributed by atoms with Crippen LogP contribution in [0.15, 0.2) is 23.6 Å². The minimum Gasteiger partial charge on any atom is -0.495 e. The number of methoxy groups -OCH3 is 1. The molecule has 14 heteroatoms. The van der Waals surface area contributed by atoms with Crippen LogP contribution < -0.4 is 25.4 Å². The molecule has 3 aromatic rings. The molecule has 12 nitrogen and oxygen atoms in total. The molecular weight excluding hydrogens is 728 g/mol. The second-order valence-electron chi connectivity index (χ2n) is 16.0. The number of rotatable bonds is 8. The molecule has 1 aromatic carbocycles. The number of pyridine rings is 1. The molecular formula is C40H53ClN6O6S. The monoisotopic (exact) mass is 780 g/mol. The summed E-state index contributed by atoms with van der Waals surface area (Å²) in [6.45, 7) is 6.38. The molecule has 0 unspecified atom stereocenters. The Morgan fingerprint density at radius 2 is 1.74 bits per heavy atom. The number of thiazole rings is 1. The largest absolute Gasteiger partial charge is 0.495 e. The van der Waals surface area contributed by atoms with Gasteiger partial charge in [-0.05, 0) is 83.8 Å². The van der Waals surface area contributed by atoms with Crippen molar-refractivity contribution in [3.8, 4) is 22.9 Å². The lowest BCUT2D eigenvalue weighted by molar-refractivity contribution is -0.140. The van der Waals surface area contributed by atoms with Crippen LogP contribution in [0.25, 0.3) is 22.3 Å². The van der Waals surface area contributed by atoms with Crippen molar-refractivity contribution >= 4 is 56.9 Å². The summed E-state index contributed by atoms with van der Waals surface area (Å²) in [6, 6.07) is 4.09. The lowest BCUT2D eigenvalue weighted by atomic mass is 10.0. The zero-order chi connectivity index (χ0) is 38.0. The molecule has 5 atom stereocenters. The van der Waals surface area contributed by atoms with Crippen LogP contribution in [-0.2, 0) is 14.3 Å². The third-order valence-electron chi connectivity index (χ3n) is 11.4. The average Bonchev–Trinajstić information content (AvgIpc) is 3.64. The summed E-state index contributed by atoms with van der Waals surface area (Å²) in [5, 5.41) is 13.3. The third kappa shape index (κ3) is 8.67.